The van der Waals surface area contributed by atoms with Crippen molar-refractivity contribution in [1.29, 1.82) is 0 Å². The Morgan fingerprint density at radius 1 is 1.04 bits per heavy atom. The van der Waals surface area contributed by atoms with Gasteiger partial charge in [-0.3, -0.25) is 9.79 Å². The SMILES string of the molecule is CCNC(=NCCCCOCC)NCCNC(=O)c1ccccc1. The molecule has 0 saturated heterocycles. The third-order valence-corrected chi connectivity index (χ3v) is 3.25. The first-order valence-electron chi connectivity index (χ1n) is 8.71. The lowest BCUT2D eigenvalue weighted by Crippen LogP contribution is -2.41. The second-order valence-corrected chi connectivity index (χ2v) is 5.21. The number of benzene rings is 1. The molecule has 134 valence electrons. The summed E-state index contributed by atoms with van der Waals surface area (Å²) in [6.07, 6.45) is 2.02. The van der Waals surface area contributed by atoms with Crippen LogP contribution in [0.15, 0.2) is 35.3 Å². The van der Waals surface area contributed by atoms with Gasteiger partial charge in [-0.1, -0.05) is 18.2 Å². The molecule has 1 rings (SSSR count). The van der Waals surface area contributed by atoms with Crippen LogP contribution in [-0.2, 0) is 4.74 Å². The van der Waals surface area contributed by atoms with E-state index in [2.05, 4.69) is 20.9 Å². The molecule has 1 aromatic carbocycles. The second-order valence-electron chi connectivity index (χ2n) is 5.21. The molecule has 0 atom stereocenters. The lowest BCUT2D eigenvalue weighted by molar-refractivity contribution is 0.0954. The number of carbonyl (C=O) groups is 1. The molecule has 3 N–H and O–H groups in total. The van der Waals surface area contributed by atoms with Gasteiger partial charge in [-0.15, -0.1) is 0 Å². The van der Waals surface area contributed by atoms with Gasteiger partial charge in [-0.05, 0) is 38.8 Å². The zero-order chi connectivity index (χ0) is 17.5. The van der Waals surface area contributed by atoms with Gasteiger partial charge < -0.3 is 20.7 Å². The number of aliphatic imine (C=N–C) groups is 1. The highest BCUT2D eigenvalue weighted by Gasteiger charge is 2.03. The van der Waals surface area contributed by atoms with Crippen molar-refractivity contribution in [3.63, 3.8) is 0 Å². The minimum atomic E-state index is -0.0599. The maximum Gasteiger partial charge on any atom is 0.251 e. The molecule has 0 aliphatic carbocycles. The minimum Gasteiger partial charge on any atom is -0.382 e. The fourth-order valence-electron chi connectivity index (χ4n) is 2.04. The van der Waals surface area contributed by atoms with Crippen molar-refractivity contribution >= 4 is 11.9 Å². The molecule has 0 aliphatic rings. The molecule has 0 radical (unpaired) electrons. The van der Waals surface area contributed by atoms with Crippen LogP contribution in [0.3, 0.4) is 0 Å². The third-order valence-electron chi connectivity index (χ3n) is 3.25. The molecule has 0 aromatic heterocycles. The molecule has 0 spiro atoms. The van der Waals surface area contributed by atoms with E-state index in [0.29, 0.717) is 18.7 Å². The van der Waals surface area contributed by atoms with E-state index in [1.165, 1.54) is 0 Å². The number of unbranched alkanes of at least 4 members (excludes halogenated alkanes) is 1. The molecule has 6 nitrogen and oxygen atoms in total. The molecule has 24 heavy (non-hydrogen) atoms. The van der Waals surface area contributed by atoms with E-state index < -0.39 is 0 Å². The summed E-state index contributed by atoms with van der Waals surface area (Å²) in [5, 5.41) is 9.31. The molecule has 0 aliphatic heterocycles. The number of nitrogens with one attached hydrogen (secondary N) is 3. The fourth-order valence-corrected chi connectivity index (χ4v) is 2.04. The molecule has 0 heterocycles. The molecule has 1 amide bonds. The van der Waals surface area contributed by atoms with Crippen LogP contribution in [-0.4, -0.2) is 51.3 Å². The Kier molecular flexibility index (Phi) is 11.1. The Morgan fingerprint density at radius 3 is 2.50 bits per heavy atom. The van der Waals surface area contributed by atoms with Crippen molar-refractivity contribution in [3.05, 3.63) is 35.9 Å². The van der Waals surface area contributed by atoms with E-state index in [1.54, 1.807) is 12.1 Å². The smallest absolute Gasteiger partial charge is 0.251 e. The van der Waals surface area contributed by atoms with Gasteiger partial charge in [0, 0.05) is 45.0 Å². The lowest BCUT2D eigenvalue weighted by Gasteiger charge is -2.12. The van der Waals surface area contributed by atoms with Crippen LogP contribution in [0.4, 0.5) is 0 Å². The van der Waals surface area contributed by atoms with Gasteiger partial charge in [0.25, 0.3) is 5.91 Å². The number of amides is 1. The highest BCUT2D eigenvalue weighted by atomic mass is 16.5. The van der Waals surface area contributed by atoms with Crippen LogP contribution in [0.1, 0.15) is 37.0 Å². The predicted molar refractivity (Wildman–Crippen MR) is 98.5 cm³/mol. The Bertz CT molecular complexity index is 477. The van der Waals surface area contributed by atoms with Crippen LogP contribution in [0, 0.1) is 0 Å². The van der Waals surface area contributed by atoms with Gasteiger partial charge in [0.1, 0.15) is 0 Å². The van der Waals surface area contributed by atoms with E-state index in [9.17, 15) is 4.79 Å². The molecule has 0 bridgehead atoms. The normalized spacial score (nSPS) is 11.2. The van der Waals surface area contributed by atoms with Gasteiger partial charge >= 0.3 is 0 Å². The number of hydrogen-bond acceptors (Lipinski definition) is 3. The summed E-state index contributed by atoms with van der Waals surface area (Å²) in [7, 11) is 0. The second kappa shape index (κ2) is 13.4. The van der Waals surface area contributed by atoms with Crippen LogP contribution < -0.4 is 16.0 Å². The molecule has 0 unspecified atom stereocenters. The molecule has 1 aromatic rings. The minimum absolute atomic E-state index is 0.0599. The summed E-state index contributed by atoms with van der Waals surface area (Å²) in [5.74, 6) is 0.720. The molecule has 0 fully saturated rings. The summed E-state index contributed by atoms with van der Waals surface area (Å²) in [6.45, 7) is 8.33. The number of guanidine groups is 1. The van der Waals surface area contributed by atoms with Gasteiger partial charge in [0.2, 0.25) is 0 Å². The summed E-state index contributed by atoms with van der Waals surface area (Å²) in [5.41, 5.74) is 0.673. The molecular weight excluding hydrogens is 304 g/mol. The van der Waals surface area contributed by atoms with Gasteiger partial charge in [-0.25, -0.2) is 0 Å². The Labute approximate surface area is 145 Å². The fraction of sp³-hybridized carbons (Fsp3) is 0.556. The number of ether oxygens (including phenoxy) is 1. The van der Waals surface area contributed by atoms with Crippen LogP contribution in [0.2, 0.25) is 0 Å². The largest absolute Gasteiger partial charge is 0.382 e. The van der Waals surface area contributed by atoms with Crippen molar-refractivity contribution in [1.82, 2.24) is 16.0 Å². The van der Waals surface area contributed by atoms with E-state index >= 15 is 0 Å². The quantitative estimate of drug-likeness (QED) is 0.328. The zero-order valence-corrected chi connectivity index (χ0v) is 14.8. The van der Waals surface area contributed by atoms with Crippen LogP contribution >= 0.6 is 0 Å². The monoisotopic (exact) mass is 334 g/mol. The van der Waals surface area contributed by atoms with Crippen molar-refractivity contribution in [3.8, 4) is 0 Å². The van der Waals surface area contributed by atoms with Crippen molar-refractivity contribution < 1.29 is 9.53 Å². The number of rotatable bonds is 11. The maximum atomic E-state index is 11.9. The van der Waals surface area contributed by atoms with Crippen LogP contribution in [0.5, 0.6) is 0 Å². The van der Waals surface area contributed by atoms with E-state index in [1.807, 2.05) is 32.0 Å². The average molecular weight is 334 g/mol. The zero-order valence-electron chi connectivity index (χ0n) is 14.8. The van der Waals surface area contributed by atoms with Gasteiger partial charge in [0.15, 0.2) is 5.96 Å². The topological polar surface area (TPSA) is 74.8 Å². The Morgan fingerprint density at radius 2 is 1.79 bits per heavy atom. The van der Waals surface area contributed by atoms with E-state index in [-0.39, 0.29) is 5.91 Å². The molecule has 6 heteroatoms. The number of carbonyl (C=O) groups excluding carboxylic acids is 1. The van der Waals surface area contributed by atoms with Gasteiger partial charge in [-0.2, -0.15) is 0 Å². The molecular formula is C18H30N4O2. The first-order valence-corrected chi connectivity index (χ1v) is 8.71. The van der Waals surface area contributed by atoms with E-state index in [4.69, 9.17) is 4.74 Å². The van der Waals surface area contributed by atoms with E-state index in [0.717, 1.165) is 45.1 Å². The Balaban J connectivity index is 2.21. The number of hydrogen-bond donors (Lipinski definition) is 3. The summed E-state index contributed by atoms with van der Waals surface area (Å²) < 4.78 is 5.31. The summed E-state index contributed by atoms with van der Waals surface area (Å²) in [6, 6.07) is 9.21. The first kappa shape index (κ1) is 20.0. The highest BCUT2D eigenvalue weighted by molar-refractivity contribution is 5.94. The standard InChI is InChI=1S/C18H30N4O2/c1-3-19-18(21-12-8-9-15-24-4-2)22-14-13-20-17(23)16-10-6-5-7-11-16/h5-7,10-11H,3-4,8-9,12-15H2,1-2H3,(H,20,23)(H2,19,21,22). The predicted octanol–water partition coefficient (Wildman–Crippen LogP) is 1.79. The number of nitrogens with zero attached hydrogens (tertiary/aromatic N) is 1. The lowest BCUT2D eigenvalue weighted by atomic mass is 10.2. The van der Waals surface area contributed by atoms with Crippen molar-refractivity contribution in [2.45, 2.75) is 26.7 Å². The van der Waals surface area contributed by atoms with Crippen molar-refractivity contribution in [2.75, 3.05) is 39.4 Å². The molecule has 0 saturated carbocycles. The summed E-state index contributed by atoms with van der Waals surface area (Å²) in [4.78, 5) is 16.4. The van der Waals surface area contributed by atoms with Gasteiger partial charge in [0.05, 0.1) is 0 Å². The third kappa shape index (κ3) is 9.15. The highest BCUT2D eigenvalue weighted by Crippen LogP contribution is 1.97. The van der Waals surface area contributed by atoms with Crippen molar-refractivity contribution in [2.24, 2.45) is 4.99 Å². The first-order chi connectivity index (χ1) is 11.8. The summed E-state index contributed by atoms with van der Waals surface area (Å²) >= 11 is 0. The maximum absolute atomic E-state index is 11.9. The van der Waals surface area contributed by atoms with Crippen LogP contribution in [0.25, 0.3) is 0 Å². The average Bonchev–Trinajstić information content (AvgIpc) is 2.62. The Hall–Kier alpha value is -2.08.